The van der Waals surface area contributed by atoms with Crippen LogP contribution in [-0.4, -0.2) is 37.4 Å². The van der Waals surface area contributed by atoms with Crippen LogP contribution in [0.4, 0.5) is 0 Å². The van der Waals surface area contributed by atoms with Crippen molar-refractivity contribution in [3.63, 3.8) is 0 Å². The van der Waals surface area contributed by atoms with Gasteiger partial charge in [-0.25, -0.2) is 0 Å². The predicted octanol–water partition coefficient (Wildman–Crippen LogP) is 1.39. The molecule has 2 rings (SSSR count). The quantitative estimate of drug-likeness (QED) is 0.854. The van der Waals surface area contributed by atoms with Crippen molar-refractivity contribution in [3.8, 4) is 0 Å². The molecule has 0 aliphatic heterocycles. The molecule has 0 aromatic carbocycles. The standard InChI is InChI=1S/C12H16ClN5O/c1-8-9(5-14-17(8)3)12(19)16(2)7-11-10(13)6-15-18(11)4/h5-6H,7H2,1-4H3. The summed E-state index contributed by atoms with van der Waals surface area (Å²) in [6.07, 6.45) is 3.16. The van der Waals surface area contributed by atoms with Crippen LogP contribution in [0.5, 0.6) is 0 Å². The molecule has 0 spiro atoms. The molecule has 2 heterocycles. The molecule has 0 N–H and O–H groups in total. The Bertz CT molecular complexity index is 596. The third-order valence-electron chi connectivity index (χ3n) is 3.21. The number of amides is 1. The van der Waals surface area contributed by atoms with Gasteiger partial charge in [-0.1, -0.05) is 11.6 Å². The van der Waals surface area contributed by atoms with Crippen molar-refractivity contribution in [2.75, 3.05) is 7.05 Å². The van der Waals surface area contributed by atoms with Crippen molar-refractivity contribution >= 4 is 17.5 Å². The lowest BCUT2D eigenvalue weighted by Gasteiger charge is -2.17. The second-order valence-electron chi connectivity index (χ2n) is 4.49. The van der Waals surface area contributed by atoms with Gasteiger partial charge in [0.05, 0.1) is 35.2 Å². The highest BCUT2D eigenvalue weighted by Crippen LogP contribution is 2.17. The third-order valence-corrected chi connectivity index (χ3v) is 3.53. The summed E-state index contributed by atoms with van der Waals surface area (Å²) in [5.41, 5.74) is 2.25. The summed E-state index contributed by atoms with van der Waals surface area (Å²) >= 11 is 6.04. The first-order valence-electron chi connectivity index (χ1n) is 5.82. The molecule has 0 aliphatic carbocycles. The van der Waals surface area contributed by atoms with E-state index >= 15 is 0 Å². The van der Waals surface area contributed by atoms with Crippen molar-refractivity contribution in [2.24, 2.45) is 14.1 Å². The fourth-order valence-corrected chi connectivity index (χ4v) is 2.05. The highest BCUT2D eigenvalue weighted by Gasteiger charge is 2.19. The minimum atomic E-state index is -0.0807. The van der Waals surface area contributed by atoms with Gasteiger partial charge in [0.2, 0.25) is 0 Å². The molecule has 19 heavy (non-hydrogen) atoms. The molecule has 6 nitrogen and oxygen atoms in total. The largest absolute Gasteiger partial charge is 0.336 e. The van der Waals surface area contributed by atoms with E-state index in [0.29, 0.717) is 17.1 Å². The van der Waals surface area contributed by atoms with Gasteiger partial charge in [-0.3, -0.25) is 14.2 Å². The molecule has 0 fully saturated rings. The molecular formula is C12H16ClN5O. The Morgan fingerprint density at radius 1 is 1.32 bits per heavy atom. The molecule has 102 valence electrons. The van der Waals surface area contributed by atoms with Crippen LogP contribution in [0.25, 0.3) is 0 Å². The zero-order valence-corrected chi connectivity index (χ0v) is 12.1. The van der Waals surface area contributed by atoms with Crippen molar-refractivity contribution in [1.82, 2.24) is 24.5 Å². The summed E-state index contributed by atoms with van der Waals surface area (Å²) in [6, 6.07) is 0. The first-order valence-corrected chi connectivity index (χ1v) is 6.20. The van der Waals surface area contributed by atoms with Gasteiger partial charge in [0.1, 0.15) is 0 Å². The summed E-state index contributed by atoms with van der Waals surface area (Å²) in [6.45, 7) is 2.27. The van der Waals surface area contributed by atoms with Crippen LogP contribution in [0.3, 0.4) is 0 Å². The van der Waals surface area contributed by atoms with Crippen LogP contribution in [0, 0.1) is 6.92 Å². The topological polar surface area (TPSA) is 56.0 Å². The minimum Gasteiger partial charge on any atom is -0.336 e. The maximum Gasteiger partial charge on any atom is 0.257 e. The molecule has 0 unspecified atom stereocenters. The fraction of sp³-hybridized carbons (Fsp3) is 0.417. The van der Waals surface area contributed by atoms with Crippen LogP contribution in [0.15, 0.2) is 12.4 Å². The maximum atomic E-state index is 12.3. The van der Waals surface area contributed by atoms with E-state index in [1.165, 1.54) is 0 Å². The monoisotopic (exact) mass is 281 g/mol. The summed E-state index contributed by atoms with van der Waals surface area (Å²) in [7, 11) is 5.34. The Kier molecular flexibility index (Phi) is 3.61. The number of hydrogen-bond acceptors (Lipinski definition) is 3. The molecular weight excluding hydrogens is 266 g/mol. The zero-order chi connectivity index (χ0) is 14.2. The van der Waals surface area contributed by atoms with Crippen molar-refractivity contribution in [2.45, 2.75) is 13.5 Å². The van der Waals surface area contributed by atoms with E-state index in [2.05, 4.69) is 10.2 Å². The van der Waals surface area contributed by atoms with E-state index in [1.54, 1.807) is 40.8 Å². The average Bonchev–Trinajstić information content (AvgIpc) is 2.86. The number of rotatable bonds is 3. The van der Waals surface area contributed by atoms with Crippen molar-refractivity contribution in [1.29, 1.82) is 0 Å². The van der Waals surface area contributed by atoms with Crippen LogP contribution in [0.1, 0.15) is 21.7 Å². The van der Waals surface area contributed by atoms with E-state index in [-0.39, 0.29) is 5.91 Å². The molecule has 1 amide bonds. The van der Waals surface area contributed by atoms with Gasteiger partial charge in [-0.15, -0.1) is 0 Å². The summed E-state index contributed by atoms with van der Waals surface area (Å²) in [5.74, 6) is -0.0807. The van der Waals surface area contributed by atoms with Gasteiger partial charge in [-0.2, -0.15) is 10.2 Å². The fourth-order valence-electron chi connectivity index (χ4n) is 1.82. The Balaban J connectivity index is 2.19. The molecule has 2 aromatic rings. The molecule has 0 bridgehead atoms. The van der Waals surface area contributed by atoms with Gasteiger partial charge in [-0.05, 0) is 6.92 Å². The average molecular weight is 282 g/mol. The molecule has 0 radical (unpaired) electrons. The van der Waals surface area contributed by atoms with E-state index < -0.39 is 0 Å². The van der Waals surface area contributed by atoms with Gasteiger partial charge >= 0.3 is 0 Å². The SMILES string of the molecule is Cc1c(C(=O)N(C)Cc2c(Cl)cnn2C)cnn1C. The van der Waals surface area contributed by atoms with E-state index in [0.717, 1.165) is 11.4 Å². The van der Waals surface area contributed by atoms with Crippen molar-refractivity contribution in [3.05, 3.63) is 34.4 Å². The second-order valence-corrected chi connectivity index (χ2v) is 4.90. The molecule has 0 atom stereocenters. The zero-order valence-electron chi connectivity index (χ0n) is 11.4. The minimum absolute atomic E-state index is 0.0807. The number of nitrogens with zero attached hydrogens (tertiary/aromatic N) is 5. The predicted molar refractivity (Wildman–Crippen MR) is 72.0 cm³/mol. The number of halogens is 1. The number of aryl methyl sites for hydroxylation is 2. The normalized spacial score (nSPS) is 10.8. The summed E-state index contributed by atoms with van der Waals surface area (Å²) in [4.78, 5) is 13.9. The van der Waals surface area contributed by atoms with Gasteiger partial charge in [0, 0.05) is 26.8 Å². The highest BCUT2D eigenvalue weighted by atomic mass is 35.5. The van der Waals surface area contributed by atoms with Gasteiger partial charge in [0.15, 0.2) is 0 Å². The molecule has 0 aliphatic rings. The van der Waals surface area contributed by atoms with E-state index in [1.807, 2.05) is 14.0 Å². The Labute approximate surface area is 116 Å². The van der Waals surface area contributed by atoms with Crippen LogP contribution in [0.2, 0.25) is 5.02 Å². The maximum absolute atomic E-state index is 12.3. The van der Waals surface area contributed by atoms with Crippen LogP contribution in [-0.2, 0) is 20.6 Å². The number of carbonyl (C=O) groups excluding carboxylic acids is 1. The number of aromatic nitrogens is 4. The van der Waals surface area contributed by atoms with Crippen LogP contribution < -0.4 is 0 Å². The van der Waals surface area contributed by atoms with Gasteiger partial charge < -0.3 is 4.90 Å². The van der Waals surface area contributed by atoms with Crippen LogP contribution >= 0.6 is 11.6 Å². The first-order chi connectivity index (χ1) is 8.91. The lowest BCUT2D eigenvalue weighted by molar-refractivity contribution is 0.0781. The molecule has 7 heteroatoms. The Morgan fingerprint density at radius 2 is 1.95 bits per heavy atom. The van der Waals surface area contributed by atoms with Gasteiger partial charge in [0.25, 0.3) is 5.91 Å². The first kappa shape index (κ1) is 13.6. The summed E-state index contributed by atoms with van der Waals surface area (Å²) in [5, 5.41) is 8.69. The lowest BCUT2D eigenvalue weighted by Crippen LogP contribution is -2.27. The molecule has 0 saturated heterocycles. The van der Waals surface area contributed by atoms with Crippen molar-refractivity contribution < 1.29 is 4.79 Å². The Hall–Kier alpha value is -1.82. The number of carbonyl (C=O) groups is 1. The second kappa shape index (κ2) is 5.05. The highest BCUT2D eigenvalue weighted by molar-refractivity contribution is 6.31. The smallest absolute Gasteiger partial charge is 0.257 e. The van der Waals surface area contributed by atoms with E-state index in [4.69, 9.17) is 11.6 Å². The molecule has 0 saturated carbocycles. The Morgan fingerprint density at radius 3 is 2.42 bits per heavy atom. The number of hydrogen-bond donors (Lipinski definition) is 0. The van der Waals surface area contributed by atoms with E-state index in [9.17, 15) is 4.79 Å². The molecule has 2 aromatic heterocycles. The third kappa shape index (κ3) is 2.49. The lowest BCUT2D eigenvalue weighted by atomic mass is 10.2. The summed E-state index contributed by atoms with van der Waals surface area (Å²) < 4.78 is 3.35.